The maximum absolute atomic E-state index is 12.1. The Morgan fingerprint density at radius 2 is 1.86 bits per heavy atom. The van der Waals surface area contributed by atoms with Gasteiger partial charge in [0.2, 0.25) is 5.91 Å². The van der Waals surface area contributed by atoms with Gasteiger partial charge in [0.25, 0.3) is 5.91 Å². The van der Waals surface area contributed by atoms with Crippen LogP contribution in [0.3, 0.4) is 0 Å². The van der Waals surface area contributed by atoms with Crippen molar-refractivity contribution in [3.63, 3.8) is 0 Å². The number of benzene rings is 1. The second-order valence-corrected chi connectivity index (χ2v) is 5.24. The molecule has 112 valence electrons. The Labute approximate surface area is 127 Å². The van der Waals surface area contributed by atoms with Crippen LogP contribution in [0.2, 0.25) is 0 Å². The summed E-state index contributed by atoms with van der Waals surface area (Å²) in [5.41, 5.74) is 8.29. The number of aryl methyl sites for hydroxylation is 2. The summed E-state index contributed by atoms with van der Waals surface area (Å²) in [6.45, 7) is 0.281. The molecule has 2 aromatic rings. The van der Waals surface area contributed by atoms with Gasteiger partial charge in [0.1, 0.15) is 5.82 Å². The van der Waals surface area contributed by atoms with Crippen molar-refractivity contribution in [1.29, 1.82) is 0 Å². The van der Waals surface area contributed by atoms with Crippen LogP contribution in [-0.2, 0) is 19.4 Å². The lowest BCUT2D eigenvalue weighted by atomic mass is 10.1. The number of hydrogen-bond donors (Lipinski definition) is 2. The van der Waals surface area contributed by atoms with Crippen molar-refractivity contribution in [3.05, 3.63) is 58.7 Å². The van der Waals surface area contributed by atoms with Crippen LogP contribution in [-0.4, -0.2) is 21.8 Å². The van der Waals surface area contributed by atoms with Crippen molar-refractivity contribution in [2.75, 3.05) is 0 Å². The zero-order chi connectivity index (χ0) is 15.5. The minimum atomic E-state index is -0.515. The molecule has 0 bridgehead atoms. The molecule has 0 saturated heterocycles. The maximum Gasteiger partial charge on any atom is 0.251 e. The van der Waals surface area contributed by atoms with E-state index >= 15 is 0 Å². The number of hydrogen-bond acceptors (Lipinski definition) is 4. The van der Waals surface area contributed by atoms with Gasteiger partial charge in [-0.25, -0.2) is 9.97 Å². The van der Waals surface area contributed by atoms with E-state index in [-0.39, 0.29) is 12.5 Å². The predicted octanol–water partition coefficient (Wildman–Crippen LogP) is 0.994. The van der Waals surface area contributed by atoms with Gasteiger partial charge in [-0.05, 0) is 49.1 Å². The van der Waals surface area contributed by atoms with E-state index in [4.69, 9.17) is 5.73 Å². The van der Waals surface area contributed by atoms with Crippen molar-refractivity contribution in [3.8, 4) is 0 Å². The van der Waals surface area contributed by atoms with Crippen molar-refractivity contribution in [2.24, 2.45) is 5.73 Å². The monoisotopic (exact) mass is 296 g/mol. The third-order valence-corrected chi connectivity index (χ3v) is 3.70. The van der Waals surface area contributed by atoms with Crippen LogP contribution >= 0.6 is 0 Å². The lowest BCUT2D eigenvalue weighted by Crippen LogP contribution is -2.24. The first kappa shape index (κ1) is 14.2. The van der Waals surface area contributed by atoms with Crippen LogP contribution < -0.4 is 11.1 Å². The maximum atomic E-state index is 12.1. The molecule has 3 N–H and O–H groups in total. The van der Waals surface area contributed by atoms with Crippen LogP contribution in [0.5, 0.6) is 0 Å². The standard InChI is InChI=1S/C16H16N4O2/c17-15(21)10-4-6-11(7-5-10)16(22)19-9-14-18-8-12-2-1-3-13(12)20-14/h4-8H,1-3,9H2,(H2,17,21)(H,19,22). The van der Waals surface area contributed by atoms with E-state index < -0.39 is 5.91 Å². The number of carbonyl (C=O) groups is 2. The molecule has 1 aromatic carbocycles. The normalized spacial score (nSPS) is 12.7. The van der Waals surface area contributed by atoms with Gasteiger partial charge in [-0.15, -0.1) is 0 Å². The summed E-state index contributed by atoms with van der Waals surface area (Å²) in [6, 6.07) is 6.20. The van der Waals surface area contributed by atoms with Crippen molar-refractivity contribution in [1.82, 2.24) is 15.3 Å². The first-order chi connectivity index (χ1) is 10.6. The molecule has 1 heterocycles. The van der Waals surface area contributed by atoms with Crippen LogP contribution in [0, 0.1) is 0 Å². The fraction of sp³-hybridized carbons (Fsp3) is 0.250. The van der Waals surface area contributed by atoms with Crippen LogP contribution in [0.1, 0.15) is 44.2 Å². The van der Waals surface area contributed by atoms with E-state index in [0.717, 1.165) is 25.0 Å². The smallest absolute Gasteiger partial charge is 0.251 e. The number of carbonyl (C=O) groups excluding carboxylic acids is 2. The molecule has 0 radical (unpaired) electrons. The number of primary amides is 1. The van der Waals surface area contributed by atoms with Crippen LogP contribution in [0.15, 0.2) is 30.5 Å². The lowest BCUT2D eigenvalue weighted by Gasteiger charge is -2.06. The molecule has 1 aliphatic carbocycles. The molecule has 0 saturated carbocycles. The summed E-state index contributed by atoms with van der Waals surface area (Å²) in [6.07, 6.45) is 4.98. The van der Waals surface area contributed by atoms with Gasteiger partial charge >= 0.3 is 0 Å². The Bertz CT molecular complexity index is 725. The number of amides is 2. The molecule has 0 aliphatic heterocycles. The molecule has 6 nitrogen and oxygen atoms in total. The van der Waals surface area contributed by atoms with Crippen LogP contribution in [0.25, 0.3) is 0 Å². The number of rotatable bonds is 4. The average Bonchev–Trinajstić information content (AvgIpc) is 3.00. The molecule has 0 fully saturated rings. The van der Waals surface area contributed by atoms with Crippen molar-refractivity contribution < 1.29 is 9.59 Å². The molecule has 1 aliphatic rings. The zero-order valence-corrected chi connectivity index (χ0v) is 12.0. The Hall–Kier alpha value is -2.76. The predicted molar refractivity (Wildman–Crippen MR) is 80.2 cm³/mol. The Kier molecular flexibility index (Phi) is 3.82. The summed E-state index contributed by atoms with van der Waals surface area (Å²) >= 11 is 0. The van der Waals surface area contributed by atoms with E-state index in [1.807, 2.05) is 6.20 Å². The first-order valence-electron chi connectivity index (χ1n) is 7.15. The van der Waals surface area contributed by atoms with Crippen LogP contribution in [0.4, 0.5) is 0 Å². The van der Waals surface area contributed by atoms with Gasteiger partial charge in [0.05, 0.1) is 6.54 Å². The second-order valence-electron chi connectivity index (χ2n) is 5.24. The average molecular weight is 296 g/mol. The highest BCUT2D eigenvalue weighted by molar-refractivity contribution is 5.97. The zero-order valence-electron chi connectivity index (χ0n) is 12.0. The number of nitrogens with zero attached hydrogens (tertiary/aromatic N) is 2. The number of fused-ring (bicyclic) bond motifs is 1. The summed E-state index contributed by atoms with van der Waals surface area (Å²) in [4.78, 5) is 31.8. The molecular formula is C16H16N4O2. The Morgan fingerprint density at radius 1 is 1.14 bits per heavy atom. The number of aromatic nitrogens is 2. The molecule has 0 atom stereocenters. The third-order valence-electron chi connectivity index (χ3n) is 3.70. The number of nitrogens with one attached hydrogen (secondary N) is 1. The highest BCUT2D eigenvalue weighted by atomic mass is 16.2. The fourth-order valence-corrected chi connectivity index (χ4v) is 2.49. The Balaban J connectivity index is 1.63. The van der Waals surface area contributed by atoms with Gasteiger partial charge in [0, 0.05) is 23.0 Å². The largest absolute Gasteiger partial charge is 0.366 e. The van der Waals surface area contributed by atoms with Gasteiger partial charge in [0.15, 0.2) is 0 Å². The van der Waals surface area contributed by atoms with E-state index in [1.165, 1.54) is 17.7 Å². The van der Waals surface area contributed by atoms with Crippen molar-refractivity contribution in [2.45, 2.75) is 25.8 Å². The summed E-state index contributed by atoms with van der Waals surface area (Å²) in [5.74, 6) is -0.138. The topological polar surface area (TPSA) is 98.0 Å². The summed E-state index contributed by atoms with van der Waals surface area (Å²) in [5, 5.41) is 2.77. The van der Waals surface area contributed by atoms with E-state index in [9.17, 15) is 9.59 Å². The van der Waals surface area contributed by atoms with E-state index in [2.05, 4.69) is 15.3 Å². The molecule has 0 spiro atoms. The Morgan fingerprint density at radius 3 is 2.59 bits per heavy atom. The molecule has 22 heavy (non-hydrogen) atoms. The summed E-state index contributed by atoms with van der Waals surface area (Å²) in [7, 11) is 0. The minimum Gasteiger partial charge on any atom is -0.366 e. The van der Waals surface area contributed by atoms with Gasteiger partial charge < -0.3 is 11.1 Å². The lowest BCUT2D eigenvalue weighted by molar-refractivity contribution is 0.0947. The molecular weight excluding hydrogens is 280 g/mol. The fourth-order valence-electron chi connectivity index (χ4n) is 2.49. The summed E-state index contributed by atoms with van der Waals surface area (Å²) < 4.78 is 0. The van der Waals surface area contributed by atoms with Gasteiger partial charge in [-0.1, -0.05) is 0 Å². The van der Waals surface area contributed by atoms with Gasteiger partial charge in [-0.2, -0.15) is 0 Å². The van der Waals surface area contributed by atoms with E-state index in [0.29, 0.717) is 17.0 Å². The van der Waals surface area contributed by atoms with Gasteiger partial charge in [-0.3, -0.25) is 9.59 Å². The highest BCUT2D eigenvalue weighted by Crippen LogP contribution is 2.18. The molecule has 3 rings (SSSR count). The van der Waals surface area contributed by atoms with E-state index in [1.54, 1.807) is 12.1 Å². The molecule has 6 heteroatoms. The quantitative estimate of drug-likeness (QED) is 0.879. The second kappa shape index (κ2) is 5.93. The third kappa shape index (κ3) is 2.95. The SMILES string of the molecule is NC(=O)c1ccc(C(=O)NCc2ncc3c(n2)CCC3)cc1. The number of nitrogens with two attached hydrogens (primary N) is 1. The molecule has 1 aromatic heterocycles. The van der Waals surface area contributed by atoms with Crippen molar-refractivity contribution >= 4 is 11.8 Å². The first-order valence-corrected chi connectivity index (χ1v) is 7.15. The molecule has 0 unspecified atom stereocenters. The molecule has 2 amide bonds. The minimum absolute atomic E-state index is 0.236. The highest BCUT2D eigenvalue weighted by Gasteiger charge is 2.14.